The number of esters is 1. The van der Waals surface area contributed by atoms with E-state index in [1.807, 2.05) is 0 Å². The summed E-state index contributed by atoms with van der Waals surface area (Å²) in [6, 6.07) is -0.210. The van der Waals surface area contributed by atoms with Gasteiger partial charge in [0.2, 0.25) is 6.08 Å². The predicted octanol–water partition coefficient (Wildman–Crippen LogP) is 1.05. The van der Waals surface area contributed by atoms with Crippen molar-refractivity contribution >= 4 is 12.0 Å². The molecule has 0 N–H and O–H groups in total. The van der Waals surface area contributed by atoms with Crippen LogP contribution >= 0.6 is 0 Å². The number of hydrogen-bond acceptors (Lipinski definition) is 4. The number of carbonyl (C=O) groups is 1. The molecule has 0 bridgehead atoms. The lowest BCUT2D eigenvalue weighted by Gasteiger charge is -2.24. The van der Waals surface area contributed by atoms with Crippen LogP contribution in [0.5, 0.6) is 0 Å². The largest absolute Gasteiger partial charge is 0.469 e. The molecule has 0 aliphatic heterocycles. The van der Waals surface area contributed by atoms with Gasteiger partial charge < -0.3 is 4.74 Å². The van der Waals surface area contributed by atoms with E-state index in [9.17, 15) is 9.59 Å². The predicted molar refractivity (Wildman–Crippen MR) is 45.9 cm³/mol. The van der Waals surface area contributed by atoms with Crippen molar-refractivity contribution in [1.82, 2.24) is 0 Å². The molecule has 0 spiro atoms. The van der Waals surface area contributed by atoms with Crippen LogP contribution in [0.15, 0.2) is 4.99 Å². The smallest absolute Gasteiger partial charge is 0.310 e. The molecule has 0 aromatic rings. The number of aliphatic imine (C=N–C) groups is 1. The number of methoxy groups -OCH3 is 1. The van der Waals surface area contributed by atoms with Gasteiger partial charge in [0, 0.05) is 0 Å². The van der Waals surface area contributed by atoms with Crippen LogP contribution in [0.4, 0.5) is 0 Å². The van der Waals surface area contributed by atoms with Crippen LogP contribution in [0, 0.1) is 5.92 Å². The maximum absolute atomic E-state index is 11.2. The summed E-state index contributed by atoms with van der Waals surface area (Å²) in [5.41, 5.74) is 0. The van der Waals surface area contributed by atoms with Crippen LogP contribution in [0.2, 0.25) is 0 Å². The maximum Gasteiger partial charge on any atom is 0.310 e. The molecule has 1 fully saturated rings. The number of ether oxygens (including phenoxy) is 1. The molecule has 0 heterocycles. The fourth-order valence-corrected chi connectivity index (χ4v) is 1.76. The lowest BCUT2D eigenvalue weighted by atomic mass is 9.85. The van der Waals surface area contributed by atoms with E-state index in [4.69, 9.17) is 0 Å². The summed E-state index contributed by atoms with van der Waals surface area (Å²) in [5.74, 6) is -0.496. The Hall–Kier alpha value is -1.15. The quantitative estimate of drug-likeness (QED) is 0.365. The summed E-state index contributed by atoms with van der Waals surface area (Å²) >= 11 is 0. The molecule has 0 saturated heterocycles. The van der Waals surface area contributed by atoms with Crippen LogP contribution in [0.1, 0.15) is 25.7 Å². The van der Waals surface area contributed by atoms with Crippen molar-refractivity contribution in [2.24, 2.45) is 10.9 Å². The Kier molecular flexibility index (Phi) is 3.65. The third kappa shape index (κ3) is 2.39. The molecule has 1 aliphatic rings. The minimum atomic E-state index is -0.260. The van der Waals surface area contributed by atoms with Gasteiger partial charge in [0.05, 0.1) is 19.1 Å². The zero-order valence-electron chi connectivity index (χ0n) is 7.66. The minimum Gasteiger partial charge on any atom is -0.469 e. The Bertz CT molecular complexity index is 233. The first kappa shape index (κ1) is 9.93. The van der Waals surface area contributed by atoms with Crippen molar-refractivity contribution in [3.05, 3.63) is 0 Å². The number of hydrogen-bond donors (Lipinski definition) is 0. The highest BCUT2D eigenvalue weighted by Gasteiger charge is 2.31. The van der Waals surface area contributed by atoms with Crippen molar-refractivity contribution in [3.8, 4) is 0 Å². The average molecular weight is 183 g/mol. The van der Waals surface area contributed by atoms with E-state index in [1.165, 1.54) is 13.2 Å². The third-order valence-electron chi connectivity index (χ3n) is 2.45. The fourth-order valence-electron chi connectivity index (χ4n) is 1.76. The number of nitrogens with zero attached hydrogens (tertiary/aromatic N) is 1. The lowest BCUT2D eigenvalue weighted by Crippen LogP contribution is -2.31. The number of isocyanates is 1. The SMILES string of the molecule is COC(=O)C1CCCCC1N=C=O. The average Bonchev–Trinajstić information content (AvgIpc) is 2.18. The molecule has 1 rings (SSSR count). The van der Waals surface area contributed by atoms with Gasteiger partial charge in [0.1, 0.15) is 0 Å². The van der Waals surface area contributed by atoms with Gasteiger partial charge in [-0.2, -0.15) is 0 Å². The first-order chi connectivity index (χ1) is 6.29. The summed E-state index contributed by atoms with van der Waals surface area (Å²) in [4.78, 5) is 25.0. The maximum atomic E-state index is 11.2. The summed E-state index contributed by atoms with van der Waals surface area (Å²) in [6.07, 6.45) is 5.09. The van der Waals surface area contributed by atoms with E-state index in [-0.39, 0.29) is 17.9 Å². The second kappa shape index (κ2) is 4.77. The molecule has 0 radical (unpaired) electrons. The highest BCUT2D eigenvalue weighted by molar-refractivity contribution is 5.73. The molecule has 1 saturated carbocycles. The Labute approximate surface area is 77.0 Å². The standard InChI is InChI=1S/C9H13NO3/c1-13-9(12)7-4-2-3-5-8(7)10-6-11/h7-8H,2-5H2,1H3. The molecule has 4 heteroatoms. The molecule has 72 valence electrons. The van der Waals surface area contributed by atoms with Gasteiger partial charge in [-0.15, -0.1) is 0 Å². The second-order valence-electron chi connectivity index (χ2n) is 3.20. The van der Waals surface area contributed by atoms with Gasteiger partial charge in [0.15, 0.2) is 0 Å². The fraction of sp³-hybridized carbons (Fsp3) is 0.778. The molecule has 13 heavy (non-hydrogen) atoms. The van der Waals surface area contributed by atoms with Crippen molar-refractivity contribution in [2.75, 3.05) is 7.11 Å². The molecule has 0 aromatic heterocycles. The van der Waals surface area contributed by atoms with Gasteiger partial charge in [-0.1, -0.05) is 12.8 Å². The summed E-state index contributed by atoms with van der Waals surface area (Å²) < 4.78 is 4.64. The highest BCUT2D eigenvalue weighted by atomic mass is 16.5. The Morgan fingerprint density at radius 3 is 2.77 bits per heavy atom. The van der Waals surface area contributed by atoms with Crippen LogP contribution in [-0.4, -0.2) is 25.2 Å². The van der Waals surface area contributed by atoms with Gasteiger partial charge in [-0.05, 0) is 12.8 Å². The summed E-state index contributed by atoms with van der Waals surface area (Å²) in [7, 11) is 1.36. The van der Waals surface area contributed by atoms with Crippen LogP contribution in [0.25, 0.3) is 0 Å². The van der Waals surface area contributed by atoms with E-state index in [1.54, 1.807) is 0 Å². The van der Waals surface area contributed by atoms with Crippen molar-refractivity contribution in [1.29, 1.82) is 0 Å². The van der Waals surface area contributed by atoms with Gasteiger partial charge in [-0.25, -0.2) is 9.79 Å². The zero-order valence-corrected chi connectivity index (χ0v) is 7.66. The highest BCUT2D eigenvalue weighted by Crippen LogP contribution is 2.27. The summed E-state index contributed by atoms with van der Waals surface area (Å²) in [6.45, 7) is 0. The molecule has 2 atom stereocenters. The number of carbonyl (C=O) groups excluding carboxylic acids is 2. The Morgan fingerprint density at radius 2 is 2.15 bits per heavy atom. The first-order valence-corrected chi connectivity index (χ1v) is 4.44. The van der Waals surface area contributed by atoms with Crippen molar-refractivity contribution in [3.63, 3.8) is 0 Å². The molecular formula is C9H13NO3. The van der Waals surface area contributed by atoms with E-state index < -0.39 is 0 Å². The van der Waals surface area contributed by atoms with Crippen LogP contribution < -0.4 is 0 Å². The van der Waals surface area contributed by atoms with Crippen molar-refractivity contribution in [2.45, 2.75) is 31.7 Å². The van der Waals surface area contributed by atoms with Crippen molar-refractivity contribution < 1.29 is 14.3 Å². The molecule has 0 aromatic carbocycles. The lowest BCUT2D eigenvalue weighted by molar-refractivity contribution is -0.147. The Balaban J connectivity index is 2.66. The zero-order chi connectivity index (χ0) is 9.68. The number of rotatable bonds is 2. The second-order valence-corrected chi connectivity index (χ2v) is 3.20. The van der Waals surface area contributed by atoms with E-state index in [0.29, 0.717) is 0 Å². The summed E-state index contributed by atoms with van der Waals surface area (Å²) in [5, 5.41) is 0. The van der Waals surface area contributed by atoms with E-state index >= 15 is 0 Å². The first-order valence-electron chi connectivity index (χ1n) is 4.44. The van der Waals surface area contributed by atoms with Gasteiger partial charge in [0.25, 0.3) is 0 Å². The molecule has 2 unspecified atom stereocenters. The molecular weight excluding hydrogens is 170 g/mol. The van der Waals surface area contributed by atoms with Gasteiger partial charge in [-0.3, -0.25) is 4.79 Å². The monoisotopic (exact) mass is 183 g/mol. The van der Waals surface area contributed by atoms with Crippen LogP contribution in [-0.2, 0) is 14.3 Å². The van der Waals surface area contributed by atoms with E-state index in [2.05, 4.69) is 9.73 Å². The minimum absolute atomic E-state index is 0.210. The Morgan fingerprint density at radius 1 is 1.46 bits per heavy atom. The molecule has 0 amide bonds. The third-order valence-corrected chi connectivity index (χ3v) is 2.45. The van der Waals surface area contributed by atoms with Gasteiger partial charge >= 0.3 is 5.97 Å². The van der Waals surface area contributed by atoms with Crippen LogP contribution in [0.3, 0.4) is 0 Å². The molecule has 4 nitrogen and oxygen atoms in total. The topological polar surface area (TPSA) is 55.7 Å². The molecule has 1 aliphatic carbocycles. The van der Waals surface area contributed by atoms with E-state index in [0.717, 1.165) is 25.7 Å². The normalized spacial score (nSPS) is 27.5.